The summed E-state index contributed by atoms with van der Waals surface area (Å²) < 4.78 is 33.4. The minimum Gasteiger partial charge on any atom is -0.376 e. The summed E-state index contributed by atoms with van der Waals surface area (Å²) in [7, 11) is -3.65. The first-order valence-corrected chi connectivity index (χ1v) is 12.9. The van der Waals surface area contributed by atoms with Crippen LogP contribution in [0, 0.1) is 6.92 Å². The van der Waals surface area contributed by atoms with Crippen LogP contribution in [0.1, 0.15) is 28.8 Å². The number of pyridine rings is 1. The zero-order valence-corrected chi connectivity index (χ0v) is 19.8. The third-order valence-corrected chi connectivity index (χ3v) is 7.72. The van der Waals surface area contributed by atoms with Crippen molar-refractivity contribution in [3.8, 4) is 0 Å². The van der Waals surface area contributed by atoms with Crippen LogP contribution in [-0.2, 0) is 14.8 Å². The second-order valence-electron chi connectivity index (χ2n) is 7.73. The van der Waals surface area contributed by atoms with Gasteiger partial charge in [-0.2, -0.15) is 0 Å². The highest BCUT2D eigenvalue weighted by atomic mass is 32.2. The van der Waals surface area contributed by atoms with Gasteiger partial charge in [0.2, 0.25) is 0 Å². The highest BCUT2D eigenvalue weighted by Gasteiger charge is 2.17. The number of hydrogen-bond donors (Lipinski definition) is 2. The Morgan fingerprint density at radius 1 is 1.12 bits per heavy atom. The number of aromatic nitrogens is 1. The Morgan fingerprint density at radius 3 is 2.58 bits per heavy atom. The SMILES string of the molecule is Cc1ccccc1S(=O)(=O)Nc1ccc(Sc2ccc(C(=O)NCC3CCCO3)cn2)cc1. The largest absolute Gasteiger partial charge is 0.376 e. The molecule has 1 unspecified atom stereocenters. The van der Waals surface area contributed by atoms with E-state index in [0.29, 0.717) is 23.4 Å². The third-order valence-electron chi connectivity index (χ3n) is 5.22. The lowest BCUT2D eigenvalue weighted by Gasteiger charge is -2.11. The monoisotopic (exact) mass is 483 g/mol. The molecule has 2 aromatic carbocycles. The summed E-state index contributed by atoms with van der Waals surface area (Å²) in [6.45, 7) is 3.03. The van der Waals surface area contributed by atoms with Gasteiger partial charge in [-0.05, 0) is 67.8 Å². The maximum absolute atomic E-state index is 12.6. The average molecular weight is 484 g/mol. The van der Waals surface area contributed by atoms with E-state index in [9.17, 15) is 13.2 Å². The molecule has 172 valence electrons. The third kappa shape index (κ3) is 6.13. The highest BCUT2D eigenvalue weighted by molar-refractivity contribution is 7.99. The van der Waals surface area contributed by atoms with E-state index in [2.05, 4.69) is 15.0 Å². The minimum atomic E-state index is -3.65. The van der Waals surface area contributed by atoms with Crippen LogP contribution in [0.4, 0.5) is 5.69 Å². The molecule has 4 rings (SSSR count). The van der Waals surface area contributed by atoms with Gasteiger partial charge in [-0.1, -0.05) is 30.0 Å². The zero-order valence-electron chi connectivity index (χ0n) is 18.2. The van der Waals surface area contributed by atoms with Gasteiger partial charge in [-0.25, -0.2) is 13.4 Å². The Balaban J connectivity index is 1.34. The first kappa shape index (κ1) is 23.3. The number of benzene rings is 2. The number of rotatable bonds is 8. The predicted octanol–water partition coefficient (Wildman–Crippen LogP) is 4.25. The first-order chi connectivity index (χ1) is 15.9. The molecule has 9 heteroatoms. The van der Waals surface area contributed by atoms with Crippen LogP contribution in [0.25, 0.3) is 0 Å². The molecule has 33 heavy (non-hydrogen) atoms. The molecule has 3 aromatic rings. The van der Waals surface area contributed by atoms with Gasteiger partial charge in [0.05, 0.1) is 16.6 Å². The fourth-order valence-corrected chi connectivity index (χ4v) is 5.53. The van der Waals surface area contributed by atoms with E-state index >= 15 is 0 Å². The summed E-state index contributed by atoms with van der Waals surface area (Å²) in [6, 6.07) is 17.5. The number of carbonyl (C=O) groups is 1. The molecule has 2 heterocycles. The van der Waals surface area contributed by atoms with E-state index in [0.717, 1.165) is 29.4 Å². The van der Waals surface area contributed by atoms with Crippen molar-refractivity contribution in [1.82, 2.24) is 10.3 Å². The molecule has 1 aromatic heterocycles. The fourth-order valence-electron chi connectivity index (χ4n) is 3.47. The van der Waals surface area contributed by atoms with Gasteiger partial charge in [0.15, 0.2) is 0 Å². The molecule has 1 fully saturated rings. The minimum absolute atomic E-state index is 0.0981. The number of hydrogen-bond acceptors (Lipinski definition) is 6. The van der Waals surface area contributed by atoms with E-state index in [1.807, 2.05) is 12.1 Å². The Kier molecular flexibility index (Phi) is 7.32. The molecule has 1 aliphatic rings. The first-order valence-electron chi connectivity index (χ1n) is 10.6. The van der Waals surface area contributed by atoms with Gasteiger partial charge in [0.1, 0.15) is 5.03 Å². The zero-order chi connectivity index (χ0) is 23.3. The van der Waals surface area contributed by atoms with Crippen molar-refractivity contribution in [3.63, 3.8) is 0 Å². The number of nitrogens with one attached hydrogen (secondary N) is 2. The molecule has 0 aliphatic carbocycles. The van der Waals surface area contributed by atoms with Crippen LogP contribution in [0.5, 0.6) is 0 Å². The van der Waals surface area contributed by atoms with Crippen molar-refractivity contribution in [3.05, 3.63) is 78.0 Å². The van der Waals surface area contributed by atoms with E-state index < -0.39 is 10.0 Å². The van der Waals surface area contributed by atoms with Crippen LogP contribution in [0.2, 0.25) is 0 Å². The van der Waals surface area contributed by atoms with Crippen LogP contribution in [-0.4, -0.2) is 38.6 Å². The van der Waals surface area contributed by atoms with E-state index in [4.69, 9.17) is 4.74 Å². The average Bonchev–Trinajstić information content (AvgIpc) is 3.33. The second kappa shape index (κ2) is 10.4. The molecule has 1 atom stereocenters. The van der Waals surface area contributed by atoms with Crippen molar-refractivity contribution in [2.75, 3.05) is 17.9 Å². The van der Waals surface area contributed by atoms with Gasteiger partial charge >= 0.3 is 0 Å². The maximum atomic E-state index is 12.6. The molecule has 2 N–H and O–H groups in total. The van der Waals surface area contributed by atoms with Crippen LogP contribution in [0.15, 0.2) is 81.7 Å². The van der Waals surface area contributed by atoms with Gasteiger partial charge in [0, 0.05) is 29.9 Å². The topological polar surface area (TPSA) is 97.4 Å². The number of carbonyl (C=O) groups excluding carboxylic acids is 1. The van der Waals surface area contributed by atoms with E-state index in [1.165, 1.54) is 11.8 Å². The number of nitrogens with zero attached hydrogens (tertiary/aromatic N) is 1. The van der Waals surface area contributed by atoms with Crippen LogP contribution >= 0.6 is 11.8 Å². The van der Waals surface area contributed by atoms with Crippen molar-refractivity contribution in [1.29, 1.82) is 0 Å². The Bertz CT molecular complexity index is 1210. The van der Waals surface area contributed by atoms with Crippen molar-refractivity contribution in [2.24, 2.45) is 0 Å². The normalized spacial score (nSPS) is 15.8. The number of aryl methyl sites for hydroxylation is 1. The standard InChI is InChI=1S/C24H25N3O4S2/c1-17-5-2-3-7-22(17)33(29,30)27-19-9-11-21(12-10-19)32-23-13-8-18(15-25-23)24(28)26-16-20-6-4-14-31-20/h2-3,5,7-13,15,20,27H,4,6,14,16H2,1H3,(H,26,28). The number of sulfonamides is 1. The summed E-state index contributed by atoms with van der Waals surface area (Å²) in [4.78, 5) is 17.8. The molecule has 1 saturated heterocycles. The number of amides is 1. The molecule has 0 bridgehead atoms. The van der Waals surface area contributed by atoms with Crippen molar-refractivity contribution < 1.29 is 17.9 Å². The summed E-state index contributed by atoms with van der Waals surface area (Å²) in [5.74, 6) is -0.167. The lowest BCUT2D eigenvalue weighted by molar-refractivity contribution is 0.0857. The summed E-state index contributed by atoms with van der Waals surface area (Å²) in [6.07, 6.45) is 3.66. The Morgan fingerprint density at radius 2 is 1.91 bits per heavy atom. The highest BCUT2D eigenvalue weighted by Crippen LogP contribution is 2.28. The lowest BCUT2D eigenvalue weighted by Crippen LogP contribution is -2.31. The molecule has 1 aliphatic heterocycles. The molecule has 0 saturated carbocycles. The van der Waals surface area contributed by atoms with E-state index in [1.54, 1.807) is 61.7 Å². The van der Waals surface area contributed by atoms with Crippen molar-refractivity contribution >= 4 is 33.4 Å². The quantitative estimate of drug-likeness (QED) is 0.497. The number of ether oxygens (including phenoxy) is 1. The Hall–Kier alpha value is -2.88. The van der Waals surface area contributed by atoms with Gasteiger partial charge < -0.3 is 10.1 Å². The predicted molar refractivity (Wildman–Crippen MR) is 128 cm³/mol. The van der Waals surface area contributed by atoms with Crippen LogP contribution in [0.3, 0.4) is 0 Å². The maximum Gasteiger partial charge on any atom is 0.262 e. The van der Waals surface area contributed by atoms with E-state index in [-0.39, 0.29) is 16.9 Å². The molecular weight excluding hydrogens is 458 g/mol. The smallest absolute Gasteiger partial charge is 0.262 e. The van der Waals surface area contributed by atoms with Crippen molar-refractivity contribution in [2.45, 2.75) is 40.7 Å². The van der Waals surface area contributed by atoms with Gasteiger partial charge in [-0.15, -0.1) is 0 Å². The molecule has 0 spiro atoms. The summed E-state index contributed by atoms with van der Waals surface area (Å²) in [5, 5.41) is 3.62. The molecule has 7 nitrogen and oxygen atoms in total. The van der Waals surface area contributed by atoms with Gasteiger partial charge in [-0.3, -0.25) is 9.52 Å². The molecular formula is C24H25N3O4S2. The fraction of sp³-hybridized carbons (Fsp3) is 0.250. The van der Waals surface area contributed by atoms with Crippen LogP contribution < -0.4 is 10.0 Å². The lowest BCUT2D eigenvalue weighted by atomic mass is 10.2. The summed E-state index contributed by atoms with van der Waals surface area (Å²) >= 11 is 1.43. The molecule has 0 radical (unpaired) electrons. The molecule has 1 amide bonds. The summed E-state index contributed by atoms with van der Waals surface area (Å²) in [5.41, 5.74) is 1.67. The number of anilines is 1. The Labute approximate surface area is 198 Å². The van der Waals surface area contributed by atoms with Gasteiger partial charge in [0.25, 0.3) is 15.9 Å². The second-order valence-corrected chi connectivity index (χ2v) is 10.5.